The highest BCUT2D eigenvalue weighted by atomic mass is 32.1. The number of aromatic nitrogens is 2. The summed E-state index contributed by atoms with van der Waals surface area (Å²) in [6.45, 7) is 5.92. The van der Waals surface area contributed by atoms with E-state index in [1.807, 2.05) is 11.6 Å². The molecule has 0 fully saturated rings. The molecule has 0 N–H and O–H groups in total. The maximum atomic E-state index is 12.1. The molecule has 0 aliphatic heterocycles. The van der Waals surface area contributed by atoms with Crippen LogP contribution in [0.2, 0.25) is 0 Å². The van der Waals surface area contributed by atoms with Crippen molar-refractivity contribution < 1.29 is 9.32 Å². The summed E-state index contributed by atoms with van der Waals surface area (Å²) in [6, 6.07) is 5.83. The van der Waals surface area contributed by atoms with Gasteiger partial charge in [-0.2, -0.15) is 4.99 Å². The maximum Gasteiger partial charge on any atom is 0.318 e. The van der Waals surface area contributed by atoms with Crippen LogP contribution in [0.25, 0.3) is 10.2 Å². The Morgan fingerprint density at radius 2 is 1.95 bits per heavy atom. The average Bonchev–Trinajstić information content (AvgIpc) is 2.98. The van der Waals surface area contributed by atoms with E-state index in [9.17, 15) is 4.79 Å². The van der Waals surface area contributed by atoms with Crippen LogP contribution in [0.1, 0.15) is 27.4 Å². The Labute approximate surface area is 125 Å². The minimum Gasteiger partial charge on any atom is -0.351 e. The maximum absolute atomic E-state index is 12.1. The Balaban J connectivity index is 2.14. The van der Waals surface area contributed by atoms with Crippen molar-refractivity contribution in [3.8, 4) is 0 Å². The third kappa shape index (κ3) is 2.42. The molecule has 0 aliphatic carbocycles. The quantitative estimate of drug-likeness (QED) is 0.694. The van der Waals surface area contributed by atoms with Crippen LogP contribution in [0.5, 0.6) is 0 Å². The smallest absolute Gasteiger partial charge is 0.318 e. The van der Waals surface area contributed by atoms with E-state index in [2.05, 4.69) is 36.1 Å². The summed E-state index contributed by atoms with van der Waals surface area (Å²) >= 11 is 1.49. The number of benzene rings is 1. The molecule has 0 spiro atoms. The molecule has 1 amide bonds. The van der Waals surface area contributed by atoms with Crippen LogP contribution in [0.3, 0.4) is 0 Å². The minimum atomic E-state index is -0.411. The second-order valence-corrected chi connectivity index (χ2v) is 6.11. The Hall–Kier alpha value is -2.21. The normalized spacial score (nSPS) is 12.3. The van der Waals surface area contributed by atoms with E-state index < -0.39 is 5.91 Å². The molecule has 0 atom stereocenters. The highest BCUT2D eigenvalue weighted by Gasteiger charge is 2.12. The number of amides is 1. The number of nitrogens with zero attached hydrogens (tertiary/aromatic N) is 3. The first-order chi connectivity index (χ1) is 9.95. The van der Waals surface area contributed by atoms with E-state index in [0.717, 1.165) is 10.2 Å². The highest BCUT2D eigenvalue weighted by molar-refractivity contribution is 7.16. The molecule has 0 saturated heterocycles. The van der Waals surface area contributed by atoms with E-state index in [-0.39, 0.29) is 5.76 Å². The van der Waals surface area contributed by atoms with Gasteiger partial charge < -0.3 is 9.09 Å². The van der Waals surface area contributed by atoms with Gasteiger partial charge in [0, 0.05) is 13.1 Å². The van der Waals surface area contributed by atoms with Crippen LogP contribution in [0.4, 0.5) is 0 Å². The molecule has 0 unspecified atom stereocenters. The van der Waals surface area contributed by atoms with Gasteiger partial charge in [0.1, 0.15) is 0 Å². The molecule has 0 aliphatic rings. The number of hydrogen-bond acceptors (Lipinski definition) is 4. The second-order valence-electron chi connectivity index (χ2n) is 5.10. The van der Waals surface area contributed by atoms with E-state index >= 15 is 0 Å². The fourth-order valence-electron chi connectivity index (χ4n) is 2.09. The number of rotatable bonds is 1. The second kappa shape index (κ2) is 4.96. The molecule has 2 heterocycles. The first-order valence-corrected chi connectivity index (χ1v) is 7.36. The van der Waals surface area contributed by atoms with Crippen molar-refractivity contribution in [1.29, 1.82) is 0 Å². The van der Waals surface area contributed by atoms with Gasteiger partial charge in [0.2, 0.25) is 5.76 Å². The summed E-state index contributed by atoms with van der Waals surface area (Å²) in [5.41, 5.74) is 4.19. The molecule has 21 heavy (non-hydrogen) atoms. The average molecular weight is 301 g/mol. The number of fused-ring (bicyclic) bond motifs is 1. The van der Waals surface area contributed by atoms with Gasteiger partial charge in [-0.3, -0.25) is 4.79 Å². The summed E-state index contributed by atoms with van der Waals surface area (Å²) in [6.07, 6.45) is 0. The van der Waals surface area contributed by atoms with Crippen molar-refractivity contribution >= 4 is 27.5 Å². The third-order valence-corrected chi connectivity index (χ3v) is 4.56. The summed E-state index contributed by atoms with van der Waals surface area (Å²) in [4.78, 5) is 16.9. The zero-order valence-electron chi connectivity index (χ0n) is 12.3. The number of carbonyl (C=O) groups is 1. The van der Waals surface area contributed by atoms with Crippen molar-refractivity contribution in [3.05, 3.63) is 45.6 Å². The lowest BCUT2D eigenvalue weighted by atomic mass is 10.1. The van der Waals surface area contributed by atoms with Crippen LogP contribution in [-0.4, -0.2) is 15.6 Å². The molecule has 2 aromatic heterocycles. The van der Waals surface area contributed by atoms with Gasteiger partial charge in [0.05, 0.1) is 15.9 Å². The molecular formula is C15H15N3O2S. The standard InChI is InChI=1S/C15H15N3O2S/c1-8-5-11-13(6-9(8)2)21-15(18(11)4)16-14(19)12-7-10(3)17-20-12/h5-7H,1-4H3. The molecule has 3 aromatic rings. The fourth-order valence-corrected chi connectivity index (χ4v) is 3.19. The Morgan fingerprint density at radius 1 is 1.24 bits per heavy atom. The van der Waals surface area contributed by atoms with Crippen molar-refractivity contribution in [2.75, 3.05) is 0 Å². The number of thiazole rings is 1. The zero-order valence-corrected chi connectivity index (χ0v) is 13.1. The molecule has 0 saturated carbocycles. The zero-order chi connectivity index (χ0) is 15.1. The van der Waals surface area contributed by atoms with Crippen molar-refractivity contribution in [3.63, 3.8) is 0 Å². The molecule has 108 valence electrons. The van der Waals surface area contributed by atoms with Crippen LogP contribution in [0.15, 0.2) is 27.7 Å². The highest BCUT2D eigenvalue weighted by Crippen LogP contribution is 2.21. The Bertz CT molecular complexity index is 915. The van der Waals surface area contributed by atoms with Crippen molar-refractivity contribution in [2.45, 2.75) is 20.8 Å². The fraction of sp³-hybridized carbons (Fsp3) is 0.267. The number of carbonyl (C=O) groups excluding carboxylic acids is 1. The largest absolute Gasteiger partial charge is 0.351 e. The lowest BCUT2D eigenvalue weighted by molar-refractivity contribution is 0.0962. The molecule has 5 nitrogen and oxygen atoms in total. The molecule has 0 radical (unpaired) electrons. The molecule has 3 rings (SSSR count). The van der Waals surface area contributed by atoms with Crippen LogP contribution in [0, 0.1) is 20.8 Å². The van der Waals surface area contributed by atoms with E-state index in [1.165, 1.54) is 22.5 Å². The summed E-state index contributed by atoms with van der Waals surface area (Å²) in [5.74, 6) is -0.247. The number of aryl methyl sites for hydroxylation is 4. The first kappa shape index (κ1) is 13.8. The van der Waals surface area contributed by atoms with Gasteiger partial charge in [-0.1, -0.05) is 16.5 Å². The summed E-state index contributed by atoms with van der Waals surface area (Å²) in [5, 5.41) is 3.71. The van der Waals surface area contributed by atoms with Crippen molar-refractivity contribution in [2.24, 2.45) is 12.0 Å². The van der Waals surface area contributed by atoms with Gasteiger partial charge in [0.25, 0.3) is 0 Å². The minimum absolute atomic E-state index is 0.164. The summed E-state index contributed by atoms with van der Waals surface area (Å²) in [7, 11) is 1.91. The van der Waals surface area contributed by atoms with Crippen LogP contribution < -0.4 is 4.80 Å². The third-order valence-electron chi connectivity index (χ3n) is 3.46. The monoisotopic (exact) mass is 301 g/mol. The van der Waals surface area contributed by atoms with Crippen LogP contribution in [-0.2, 0) is 7.05 Å². The molecule has 0 bridgehead atoms. The Morgan fingerprint density at radius 3 is 2.62 bits per heavy atom. The predicted octanol–water partition coefficient (Wildman–Crippen LogP) is 2.89. The van der Waals surface area contributed by atoms with Gasteiger partial charge in [-0.05, 0) is 44.0 Å². The first-order valence-electron chi connectivity index (χ1n) is 6.55. The lowest BCUT2D eigenvalue weighted by Gasteiger charge is -2.00. The predicted molar refractivity (Wildman–Crippen MR) is 81.4 cm³/mol. The van der Waals surface area contributed by atoms with Crippen molar-refractivity contribution in [1.82, 2.24) is 9.72 Å². The van der Waals surface area contributed by atoms with Crippen LogP contribution >= 0.6 is 11.3 Å². The SMILES string of the molecule is Cc1cc(C(=O)N=c2sc3cc(C)c(C)cc3n2C)on1. The molecule has 1 aromatic carbocycles. The van der Waals surface area contributed by atoms with Gasteiger partial charge in [-0.25, -0.2) is 0 Å². The van der Waals surface area contributed by atoms with Gasteiger partial charge in [-0.15, -0.1) is 0 Å². The van der Waals surface area contributed by atoms with Gasteiger partial charge in [0.15, 0.2) is 4.80 Å². The molecule has 6 heteroatoms. The summed E-state index contributed by atoms with van der Waals surface area (Å²) < 4.78 is 7.99. The molecular weight excluding hydrogens is 286 g/mol. The topological polar surface area (TPSA) is 60.4 Å². The van der Waals surface area contributed by atoms with Gasteiger partial charge >= 0.3 is 5.91 Å². The van der Waals surface area contributed by atoms with E-state index in [4.69, 9.17) is 4.52 Å². The lowest BCUT2D eigenvalue weighted by Crippen LogP contribution is -2.13. The van der Waals surface area contributed by atoms with E-state index in [1.54, 1.807) is 13.0 Å². The van der Waals surface area contributed by atoms with E-state index in [0.29, 0.717) is 10.5 Å². The number of hydrogen-bond donors (Lipinski definition) is 0. The Kier molecular flexibility index (Phi) is 3.25.